The summed E-state index contributed by atoms with van der Waals surface area (Å²) in [5.74, 6) is 0. The summed E-state index contributed by atoms with van der Waals surface area (Å²) < 4.78 is 2.38. The summed E-state index contributed by atoms with van der Waals surface area (Å²) >= 11 is 0. The molecule has 0 amide bonds. The van der Waals surface area contributed by atoms with Gasteiger partial charge in [0, 0.05) is 33.5 Å². The van der Waals surface area contributed by atoms with Crippen LogP contribution in [0.25, 0.3) is 93.9 Å². The number of allylic oxidation sites excluding steroid dienone is 3. The molecule has 9 aromatic carbocycles. The maximum Gasteiger partial charge on any atom is 0.0541 e. The maximum atomic E-state index is 2.44. The molecule has 0 N–H and O–H groups in total. The highest BCUT2D eigenvalue weighted by atomic mass is 15.1. The molecule has 60 heavy (non-hydrogen) atoms. The van der Waals surface area contributed by atoms with Crippen molar-refractivity contribution in [2.45, 2.75) is 12.8 Å². The van der Waals surface area contributed by atoms with Crippen molar-refractivity contribution in [2.24, 2.45) is 0 Å². The first-order chi connectivity index (χ1) is 29.8. The van der Waals surface area contributed by atoms with Gasteiger partial charge in [-0.05, 0) is 140 Å². The Morgan fingerprint density at radius 3 is 1.75 bits per heavy atom. The highest BCUT2D eigenvalue weighted by molar-refractivity contribution is 6.15. The lowest BCUT2D eigenvalue weighted by atomic mass is 9.93. The molecule has 0 bridgehead atoms. The Balaban J connectivity index is 0.958. The number of rotatable bonds is 7. The van der Waals surface area contributed by atoms with E-state index in [1.807, 2.05) is 0 Å². The first kappa shape index (κ1) is 34.4. The average Bonchev–Trinajstić information content (AvgIpc) is 3.83. The van der Waals surface area contributed by atoms with Crippen molar-refractivity contribution in [1.82, 2.24) is 4.57 Å². The fourth-order valence-corrected chi connectivity index (χ4v) is 9.78. The second kappa shape index (κ2) is 14.0. The Labute approximate surface area is 350 Å². The zero-order chi connectivity index (χ0) is 39.6. The van der Waals surface area contributed by atoms with Crippen molar-refractivity contribution in [3.63, 3.8) is 0 Å². The molecule has 0 saturated heterocycles. The van der Waals surface area contributed by atoms with Gasteiger partial charge in [0.05, 0.1) is 11.0 Å². The van der Waals surface area contributed by atoms with Crippen LogP contribution in [-0.4, -0.2) is 4.57 Å². The maximum absolute atomic E-state index is 2.44. The van der Waals surface area contributed by atoms with Crippen molar-refractivity contribution in [2.75, 3.05) is 4.90 Å². The lowest BCUT2D eigenvalue weighted by molar-refractivity contribution is 0.997. The highest BCUT2D eigenvalue weighted by Gasteiger charge is 2.23. The van der Waals surface area contributed by atoms with Crippen molar-refractivity contribution in [3.05, 3.63) is 224 Å². The SMILES string of the molecule is C1=CC(N(c2cccc(-c3ccc4c(c3)-c3cccc5cccc-4c35)c2)c2ccc(-c3ccc(-n4c5ccccc5c5ccccc54)cc3)c(-c3ccccc3)c2)=CCC1. The van der Waals surface area contributed by atoms with Crippen molar-refractivity contribution >= 4 is 44.0 Å². The van der Waals surface area contributed by atoms with E-state index in [1.165, 1.54) is 93.9 Å². The van der Waals surface area contributed by atoms with Crippen LogP contribution in [0.2, 0.25) is 0 Å². The minimum Gasteiger partial charge on any atom is -0.311 e. The quantitative estimate of drug-likeness (QED) is 0.157. The van der Waals surface area contributed by atoms with E-state index in [0.717, 1.165) is 29.9 Å². The fraction of sp³-hybridized carbons (Fsp3) is 0.0345. The van der Waals surface area contributed by atoms with Gasteiger partial charge in [-0.3, -0.25) is 0 Å². The molecule has 2 heteroatoms. The molecule has 12 rings (SSSR count). The third-order valence-electron chi connectivity index (χ3n) is 12.5. The predicted octanol–water partition coefficient (Wildman–Crippen LogP) is 16.0. The minimum atomic E-state index is 1.01. The molecule has 1 heterocycles. The van der Waals surface area contributed by atoms with Gasteiger partial charge in [-0.25, -0.2) is 0 Å². The number of para-hydroxylation sites is 2. The van der Waals surface area contributed by atoms with E-state index < -0.39 is 0 Å². The molecule has 2 nitrogen and oxygen atoms in total. The Bertz CT molecular complexity index is 3300. The smallest absolute Gasteiger partial charge is 0.0541 e. The third-order valence-corrected chi connectivity index (χ3v) is 12.5. The Kier molecular flexibility index (Phi) is 8.02. The molecule has 0 saturated carbocycles. The molecule has 2 aliphatic carbocycles. The van der Waals surface area contributed by atoms with E-state index in [0.29, 0.717) is 0 Å². The molecule has 0 fully saturated rings. The highest BCUT2D eigenvalue weighted by Crippen LogP contribution is 2.49. The lowest BCUT2D eigenvalue weighted by Crippen LogP contribution is -2.16. The molecular weight excluding hydrogens is 725 g/mol. The average molecular weight is 765 g/mol. The topological polar surface area (TPSA) is 8.17 Å². The summed E-state index contributed by atoms with van der Waals surface area (Å²) in [5.41, 5.74) is 19.5. The van der Waals surface area contributed by atoms with Gasteiger partial charge in [0.1, 0.15) is 0 Å². The van der Waals surface area contributed by atoms with Crippen LogP contribution in [0.4, 0.5) is 11.4 Å². The van der Waals surface area contributed by atoms with Crippen LogP contribution in [0, 0.1) is 0 Å². The van der Waals surface area contributed by atoms with Crippen LogP contribution in [0.1, 0.15) is 12.8 Å². The number of nitrogens with zero attached hydrogens (tertiary/aromatic N) is 2. The second-order valence-corrected chi connectivity index (χ2v) is 16.0. The minimum absolute atomic E-state index is 1.01. The fourth-order valence-electron chi connectivity index (χ4n) is 9.78. The standard InChI is InChI=1S/C58H40N2/c1-3-14-39(15-4-1)54-38-47(33-35-48(54)40-28-31-45(32-29-40)60-56-26-9-7-22-50(56)51-23-8-10-27-57(51)60)59(44-19-5-2-6-20-44)46-21-11-18-42(36-46)43-30-34-49-52-24-12-16-41-17-13-25-53(58(41)52)55(49)37-43/h1,3-5,7-38H,2,6H2. The molecule has 2 aliphatic rings. The summed E-state index contributed by atoms with van der Waals surface area (Å²) in [4.78, 5) is 2.44. The van der Waals surface area contributed by atoms with E-state index in [4.69, 9.17) is 0 Å². The molecule has 1 aromatic heterocycles. The van der Waals surface area contributed by atoms with Crippen LogP contribution < -0.4 is 4.90 Å². The molecule has 0 spiro atoms. The lowest BCUT2D eigenvalue weighted by Gasteiger charge is -2.29. The zero-order valence-electron chi connectivity index (χ0n) is 33.1. The van der Waals surface area contributed by atoms with Gasteiger partial charge in [0.15, 0.2) is 0 Å². The number of aromatic nitrogens is 1. The Hall–Kier alpha value is -7.68. The molecule has 0 atom stereocenters. The summed E-state index contributed by atoms with van der Waals surface area (Å²) in [6.07, 6.45) is 9.04. The Morgan fingerprint density at radius 2 is 1.00 bits per heavy atom. The van der Waals surface area contributed by atoms with Crippen molar-refractivity contribution < 1.29 is 0 Å². The van der Waals surface area contributed by atoms with E-state index in [2.05, 4.69) is 228 Å². The summed E-state index contributed by atoms with van der Waals surface area (Å²) in [6, 6.07) is 73.7. The summed E-state index contributed by atoms with van der Waals surface area (Å²) in [5, 5.41) is 5.20. The van der Waals surface area contributed by atoms with Gasteiger partial charge in [0.2, 0.25) is 0 Å². The number of fused-ring (bicyclic) bond motifs is 6. The summed E-state index contributed by atoms with van der Waals surface area (Å²) in [6.45, 7) is 0. The molecule has 0 unspecified atom stereocenters. The number of anilines is 2. The van der Waals surface area contributed by atoms with Gasteiger partial charge in [-0.15, -0.1) is 0 Å². The molecule has 0 aliphatic heterocycles. The van der Waals surface area contributed by atoms with Crippen molar-refractivity contribution in [1.29, 1.82) is 0 Å². The van der Waals surface area contributed by atoms with E-state index in [9.17, 15) is 0 Å². The van der Waals surface area contributed by atoms with E-state index >= 15 is 0 Å². The van der Waals surface area contributed by atoms with Crippen LogP contribution in [0.15, 0.2) is 224 Å². The van der Waals surface area contributed by atoms with Gasteiger partial charge in [-0.2, -0.15) is 0 Å². The normalized spacial score (nSPS) is 12.9. The first-order valence-corrected chi connectivity index (χ1v) is 21.0. The van der Waals surface area contributed by atoms with Gasteiger partial charge in [-0.1, -0.05) is 158 Å². The monoisotopic (exact) mass is 764 g/mol. The number of hydrogen-bond acceptors (Lipinski definition) is 1. The van der Waals surface area contributed by atoms with E-state index in [1.54, 1.807) is 0 Å². The van der Waals surface area contributed by atoms with Crippen LogP contribution in [0.3, 0.4) is 0 Å². The first-order valence-electron chi connectivity index (χ1n) is 21.0. The molecule has 282 valence electrons. The predicted molar refractivity (Wildman–Crippen MR) is 254 cm³/mol. The van der Waals surface area contributed by atoms with Gasteiger partial charge in [0.25, 0.3) is 0 Å². The van der Waals surface area contributed by atoms with Crippen LogP contribution >= 0.6 is 0 Å². The van der Waals surface area contributed by atoms with E-state index in [-0.39, 0.29) is 0 Å². The van der Waals surface area contributed by atoms with Crippen LogP contribution in [0.5, 0.6) is 0 Å². The van der Waals surface area contributed by atoms with Gasteiger partial charge >= 0.3 is 0 Å². The van der Waals surface area contributed by atoms with Crippen molar-refractivity contribution in [3.8, 4) is 61.3 Å². The second-order valence-electron chi connectivity index (χ2n) is 16.0. The summed E-state index contributed by atoms with van der Waals surface area (Å²) in [7, 11) is 0. The van der Waals surface area contributed by atoms with Crippen LogP contribution in [-0.2, 0) is 0 Å². The largest absolute Gasteiger partial charge is 0.311 e. The Morgan fingerprint density at radius 1 is 0.383 bits per heavy atom. The molecule has 0 radical (unpaired) electrons. The number of hydrogen-bond donors (Lipinski definition) is 0. The third kappa shape index (κ3) is 5.56. The molecule has 10 aromatic rings. The zero-order valence-corrected chi connectivity index (χ0v) is 33.1. The van der Waals surface area contributed by atoms with Gasteiger partial charge < -0.3 is 9.47 Å². The molecular formula is C58H40N2. The number of benzene rings is 9.